The Labute approximate surface area is 110 Å². The molecule has 1 unspecified atom stereocenters. The van der Waals surface area contributed by atoms with Crippen molar-refractivity contribution in [2.75, 3.05) is 0 Å². The number of rotatable bonds is 4. The van der Waals surface area contributed by atoms with Crippen molar-refractivity contribution in [3.63, 3.8) is 0 Å². The molecule has 0 aromatic carbocycles. The van der Waals surface area contributed by atoms with E-state index >= 15 is 0 Å². The Morgan fingerprint density at radius 1 is 1.50 bits per heavy atom. The SMILES string of the molecule is OC(c1cnn(Cc2cccnc2Cl)c1)C1CC1. The number of aromatic nitrogens is 3. The van der Waals surface area contributed by atoms with Gasteiger partial charge in [0, 0.05) is 23.5 Å². The van der Waals surface area contributed by atoms with Gasteiger partial charge in [-0.25, -0.2) is 4.98 Å². The lowest BCUT2D eigenvalue weighted by molar-refractivity contribution is 0.153. The molecule has 5 heteroatoms. The van der Waals surface area contributed by atoms with Gasteiger partial charge in [0.25, 0.3) is 0 Å². The standard InChI is InChI=1S/C13H14ClN3O/c14-13-10(2-1-5-15-13)7-17-8-11(6-16-17)12(18)9-3-4-9/h1-2,5-6,8-9,12,18H,3-4,7H2. The third-order valence-electron chi connectivity index (χ3n) is 3.23. The molecule has 4 nitrogen and oxygen atoms in total. The fraction of sp³-hybridized carbons (Fsp3) is 0.385. The lowest BCUT2D eigenvalue weighted by Crippen LogP contribution is -2.02. The van der Waals surface area contributed by atoms with Gasteiger partial charge in [0.2, 0.25) is 0 Å². The van der Waals surface area contributed by atoms with Crippen LogP contribution in [-0.2, 0) is 6.54 Å². The molecule has 0 amide bonds. The highest BCUT2D eigenvalue weighted by molar-refractivity contribution is 6.30. The van der Waals surface area contributed by atoms with E-state index in [1.165, 1.54) is 0 Å². The molecule has 94 valence electrons. The van der Waals surface area contributed by atoms with Crippen LogP contribution in [0, 0.1) is 5.92 Å². The van der Waals surface area contributed by atoms with Crippen molar-refractivity contribution in [2.45, 2.75) is 25.5 Å². The number of hydrogen-bond acceptors (Lipinski definition) is 3. The highest BCUT2D eigenvalue weighted by Gasteiger charge is 2.31. The van der Waals surface area contributed by atoms with Crippen molar-refractivity contribution in [2.24, 2.45) is 5.92 Å². The van der Waals surface area contributed by atoms with Crippen LogP contribution < -0.4 is 0 Å². The van der Waals surface area contributed by atoms with Crippen LogP contribution in [0.1, 0.15) is 30.1 Å². The zero-order valence-electron chi connectivity index (χ0n) is 9.83. The van der Waals surface area contributed by atoms with Gasteiger partial charge in [-0.05, 0) is 24.8 Å². The minimum absolute atomic E-state index is 0.372. The molecule has 1 N–H and O–H groups in total. The van der Waals surface area contributed by atoms with E-state index < -0.39 is 0 Å². The number of nitrogens with zero attached hydrogens (tertiary/aromatic N) is 3. The fourth-order valence-corrected chi connectivity index (χ4v) is 2.19. The smallest absolute Gasteiger partial charge is 0.134 e. The highest BCUT2D eigenvalue weighted by Crippen LogP contribution is 2.40. The Morgan fingerprint density at radius 2 is 2.33 bits per heavy atom. The Hall–Kier alpha value is -1.39. The molecule has 0 spiro atoms. The lowest BCUT2D eigenvalue weighted by Gasteiger charge is -2.05. The number of aliphatic hydroxyl groups excluding tert-OH is 1. The topological polar surface area (TPSA) is 50.9 Å². The van der Waals surface area contributed by atoms with Crippen LogP contribution in [0.2, 0.25) is 5.15 Å². The second-order valence-electron chi connectivity index (χ2n) is 4.71. The van der Waals surface area contributed by atoms with E-state index in [2.05, 4.69) is 10.1 Å². The third kappa shape index (κ3) is 2.40. The summed E-state index contributed by atoms with van der Waals surface area (Å²) in [6.45, 7) is 0.573. The average Bonchev–Trinajstić information content (AvgIpc) is 3.12. The number of aliphatic hydroxyl groups is 1. The summed E-state index contributed by atoms with van der Waals surface area (Å²) in [5.74, 6) is 0.421. The second kappa shape index (κ2) is 4.71. The lowest BCUT2D eigenvalue weighted by atomic mass is 10.1. The summed E-state index contributed by atoms with van der Waals surface area (Å²) in [5, 5.41) is 14.8. The molecule has 0 saturated heterocycles. The molecule has 1 aliphatic rings. The van der Waals surface area contributed by atoms with E-state index in [9.17, 15) is 5.11 Å². The minimum atomic E-state index is -0.372. The van der Waals surface area contributed by atoms with Crippen LogP contribution in [0.3, 0.4) is 0 Å². The van der Waals surface area contributed by atoms with Gasteiger partial charge >= 0.3 is 0 Å². The highest BCUT2D eigenvalue weighted by atomic mass is 35.5. The van der Waals surface area contributed by atoms with Crippen molar-refractivity contribution < 1.29 is 5.11 Å². The van der Waals surface area contributed by atoms with E-state index in [0.717, 1.165) is 24.0 Å². The van der Waals surface area contributed by atoms with Crippen molar-refractivity contribution in [3.8, 4) is 0 Å². The largest absolute Gasteiger partial charge is 0.388 e. The maximum Gasteiger partial charge on any atom is 0.134 e. The van der Waals surface area contributed by atoms with Crippen molar-refractivity contribution in [3.05, 3.63) is 47.0 Å². The van der Waals surface area contributed by atoms with Crippen molar-refractivity contribution in [1.82, 2.24) is 14.8 Å². The number of hydrogen-bond donors (Lipinski definition) is 1. The van der Waals surface area contributed by atoms with E-state index in [4.69, 9.17) is 11.6 Å². The minimum Gasteiger partial charge on any atom is -0.388 e. The van der Waals surface area contributed by atoms with Gasteiger partial charge in [-0.15, -0.1) is 0 Å². The van der Waals surface area contributed by atoms with Gasteiger partial charge in [0.15, 0.2) is 0 Å². The van der Waals surface area contributed by atoms with Crippen LogP contribution >= 0.6 is 11.6 Å². The number of halogens is 1. The van der Waals surface area contributed by atoms with Gasteiger partial charge in [-0.2, -0.15) is 5.10 Å². The molecule has 0 bridgehead atoms. The van der Waals surface area contributed by atoms with Gasteiger partial charge < -0.3 is 5.11 Å². The van der Waals surface area contributed by atoms with Gasteiger partial charge in [-0.1, -0.05) is 17.7 Å². The Kier molecular flexibility index (Phi) is 3.06. The predicted molar refractivity (Wildman–Crippen MR) is 68.3 cm³/mol. The average molecular weight is 264 g/mol. The van der Waals surface area contributed by atoms with E-state index in [1.807, 2.05) is 18.3 Å². The molecule has 2 heterocycles. The molecule has 2 aromatic rings. The Bertz CT molecular complexity index is 551. The van der Waals surface area contributed by atoms with Crippen molar-refractivity contribution in [1.29, 1.82) is 0 Å². The predicted octanol–water partition coefficient (Wildman–Crippen LogP) is 2.42. The summed E-state index contributed by atoms with van der Waals surface area (Å²) in [6.07, 6.45) is 7.13. The second-order valence-corrected chi connectivity index (χ2v) is 5.06. The third-order valence-corrected chi connectivity index (χ3v) is 3.57. The summed E-state index contributed by atoms with van der Waals surface area (Å²) in [6, 6.07) is 3.78. The summed E-state index contributed by atoms with van der Waals surface area (Å²) in [7, 11) is 0. The number of pyridine rings is 1. The normalized spacial score (nSPS) is 16.8. The van der Waals surface area contributed by atoms with Crippen LogP contribution in [0.15, 0.2) is 30.7 Å². The first-order valence-corrected chi connectivity index (χ1v) is 6.41. The van der Waals surface area contributed by atoms with Gasteiger partial charge in [0.05, 0.1) is 18.8 Å². The maximum absolute atomic E-state index is 10.0. The maximum atomic E-state index is 10.0. The molecule has 18 heavy (non-hydrogen) atoms. The zero-order chi connectivity index (χ0) is 12.5. The van der Waals surface area contributed by atoms with Crippen LogP contribution in [0.5, 0.6) is 0 Å². The quantitative estimate of drug-likeness (QED) is 0.862. The van der Waals surface area contributed by atoms with Crippen molar-refractivity contribution >= 4 is 11.6 Å². The van der Waals surface area contributed by atoms with Crippen LogP contribution in [0.25, 0.3) is 0 Å². The fourth-order valence-electron chi connectivity index (χ4n) is 2.01. The Balaban J connectivity index is 1.75. The van der Waals surface area contributed by atoms with E-state index in [0.29, 0.717) is 17.6 Å². The van der Waals surface area contributed by atoms with Gasteiger partial charge in [0.1, 0.15) is 5.15 Å². The van der Waals surface area contributed by atoms with E-state index in [-0.39, 0.29) is 6.10 Å². The molecule has 1 fully saturated rings. The van der Waals surface area contributed by atoms with E-state index in [1.54, 1.807) is 17.1 Å². The molecule has 0 aliphatic heterocycles. The van der Waals surface area contributed by atoms with Crippen LogP contribution in [-0.4, -0.2) is 19.9 Å². The summed E-state index contributed by atoms with van der Waals surface area (Å²) in [5.41, 5.74) is 1.81. The monoisotopic (exact) mass is 263 g/mol. The molecular formula is C13H14ClN3O. The molecule has 0 radical (unpaired) electrons. The molecular weight excluding hydrogens is 250 g/mol. The molecule has 2 aromatic heterocycles. The first-order valence-electron chi connectivity index (χ1n) is 6.04. The summed E-state index contributed by atoms with van der Waals surface area (Å²) in [4.78, 5) is 4.03. The summed E-state index contributed by atoms with van der Waals surface area (Å²) >= 11 is 6.00. The first kappa shape index (κ1) is 11.7. The van der Waals surface area contributed by atoms with Gasteiger partial charge in [-0.3, -0.25) is 4.68 Å². The molecule has 1 atom stereocenters. The van der Waals surface area contributed by atoms with Crippen LogP contribution in [0.4, 0.5) is 0 Å². The summed E-state index contributed by atoms with van der Waals surface area (Å²) < 4.78 is 1.78. The molecule has 1 aliphatic carbocycles. The Morgan fingerprint density at radius 3 is 3.06 bits per heavy atom. The molecule has 3 rings (SSSR count). The molecule has 1 saturated carbocycles. The first-order chi connectivity index (χ1) is 8.74. The zero-order valence-corrected chi connectivity index (χ0v) is 10.6.